The van der Waals surface area contributed by atoms with Crippen LogP contribution in [0, 0.1) is 28.6 Å². The number of fused-ring (bicyclic) bond motifs is 3. The third kappa shape index (κ3) is 2.33. The molecule has 0 aromatic rings. The molecule has 0 amide bonds. The monoisotopic (exact) mass is 322 g/mol. The van der Waals surface area contributed by atoms with E-state index in [0.717, 1.165) is 38.4 Å². The number of hydrogen-bond donors (Lipinski definition) is 1. The van der Waals surface area contributed by atoms with Gasteiger partial charge in [-0.05, 0) is 60.7 Å². The van der Waals surface area contributed by atoms with Gasteiger partial charge in [-0.1, -0.05) is 27.2 Å². The second kappa shape index (κ2) is 5.44. The summed E-state index contributed by atoms with van der Waals surface area (Å²) in [5.74, 6) is 1.74. The van der Waals surface area contributed by atoms with Crippen LogP contribution in [0.2, 0.25) is 0 Å². The van der Waals surface area contributed by atoms with Gasteiger partial charge in [-0.25, -0.2) is 0 Å². The number of aliphatic hydroxyl groups excluding tert-OH is 1. The van der Waals surface area contributed by atoms with E-state index in [1.54, 1.807) is 0 Å². The van der Waals surface area contributed by atoms with Gasteiger partial charge in [-0.3, -0.25) is 0 Å². The molecule has 3 heteroatoms. The average Bonchev–Trinajstić information content (AvgIpc) is 2.92. The van der Waals surface area contributed by atoms with Crippen molar-refractivity contribution in [2.24, 2.45) is 28.6 Å². The van der Waals surface area contributed by atoms with E-state index in [9.17, 15) is 5.11 Å². The molecule has 1 spiro atoms. The van der Waals surface area contributed by atoms with Gasteiger partial charge in [0.15, 0.2) is 5.79 Å². The van der Waals surface area contributed by atoms with Crippen LogP contribution in [0.15, 0.2) is 0 Å². The van der Waals surface area contributed by atoms with E-state index in [1.807, 2.05) is 0 Å². The zero-order valence-corrected chi connectivity index (χ0v) is 15.1. The minimum absolute atomic E-state index is 0.106. The Labute approximate surface area is 141 Å². The molecule has 132 valence electrons. The van der Waals surface area contributed by atoms with Crippen LogP contribution in [-0.4, -0.2) is 30.2 Å². The van der Waals surface area contributed by atoms with Crippen LogP contribution in [0.3, 0.4) is 0 Å². The molecule has 0 unspecified atom stereocenters. The molecule has 4 fully saturated rings. The Balaban J connectivity index is 1.67. The van der Waals surface area contributed by atoms with Crippen LogP contribution in [0.1, 0.15) is 72.1 Å². The van der Waals surface area contributed by atoms with Gasteiger partial charge in [0.25, 0.3) is 0 Å². The Bertz CT molecular complexity index is 458. The highest BCUT2D eigenvalue weighted by Gasteiger charge is 2.60. The average molecular weight is 322 g/mol. The molecule has 4 aliphatic rings. The fraction of sp³-hybridized carbons (Fsp3) is 1.00. The first-order chi connectivity index (χ1) is 10.9. The maximum absolute atomic E-state index is 10.8. The Hall–Kier alpha value is -0.120. The van der Waals surface area contributed by atoms with E-state index in [4.69, 9.17) is 9.47 Å². The molecular weight excluding hydrogens is 288 g/mol. The second-order valence-electron chi connectivity index (χ2n) is 9.45. The molecule has 1 saturated heterocycles. The van der Waals surface area contributed by atoms with Gasteiger partial charge in [0.1, 0.15) is 0 Å². The van der Waals surface area contributed by atoms with E-state index >= 15 is 0 Å². The zero-order chi connectivity index (χ0) is 16.3. The van der Waals surface area contributed by atoms with Gasteiger partial charge >= 0.3 is 0 Å². The fourth-order valence-electron chi connectivity index (χ4n) is 7.13. The minimum Gasteiger partial charge on any atom is -0.393 e. The van der Waals surface area contributed by atoms with Crippen molar-refractivity contribution in [3.63, 3.8) is 0 Å². The molecular formula is C20H34O3. The fourth-order valence-corrected chi connectivity index (χ4v) is 7.13. The van der Waals surface area contributed by atoms with E-state index in [-0.39, 0.29) is 17.3 Å². The van der Waals surface area contributed by atoms with Crippen molar-refractivity contribution in [1.29, 1.82) is 0 Å². The summed E-state index contributed by atoms with van der Waals surface area (Å²) in [7, 11) is 0. The number of hydrogen-bond acceptors (Lipinski definition) is 3. The van der Waals surface area contributed by atoms with Gasteiger partial charge < -0.3 is 14.6 Å². The summed E-state index contributed by atoms with van der Waals surface area (Å²) in [5.41, 5.74) is 0.449. The Morgan fingerprint density at radius 1 is 0.913 bits per heavy atom. The molecule has 0 aromatic heterocycles. The molecule has 0 aromatic carbocycles. The molecule has 3 nitrogen and oxygen atoms in total. The highest BCUT2D eigenvalue weighted by atomic mass is 16.7. The topological polar surface area (TPSA) is 38.7 Å². The van der Waals surface area contributed by atoms with Crippen molar-refractivity contribution in [1.82, 2.24) is 0 Å². The minimum atomic E-state index is -0.302. The third-order valence-electron chi connectivity index (χ3n) is 8.34. The van der Waals surface area contributed by atoms with Crippen molar-refractivity contribution in [2.75, 3.05) is 13.2 Å². The molecule has 4 rings (SSSR count). The first-order valence-corrected chi connectivity index (χ1v) is 9.86. The maximum atomic E-state index is 10.8. The van der Waals surface area contributed by atoms with E-state index in [2.05, 4.69) is 20.8 Å². The number of ether oxygens (including phenoxy) is 2. The number of aliphatic hydroxyl groups is 1. The van der Waals surface area contributed by atoms with Gasteiger partial charge in [-0.15, -0.1) is 0 Å². The lowest BCUT2D eigenvalue weighted by molar-refractivity contribution is -0.172. The lowest BCUT2D eigenvalue weighted by atomic mass is 9.45. The van der Waals surface area contributed by atoms with Crippen LogP contribution in [0.25, 0.3) is 0 Å². The summed E-state index contributed by atoms with van der Waals surface area (Å²) in [4.78, 5) is 0. The summed E-state index contributed by atoms with van der Waals surface area (Å²) in [6, 6.07) is 0. The Kier molecular flexibility index (Phi) is 3.87. The van der Waals surface area contributed by atoms with E-state index in [0.29, 0.717) is 17.3 Å². The summed E-state index contributed by atoms with van der Waals surface area (Å²) in [6.07, 6.45) is 9.11. The van der Waals surface area contributed by atoms with Gasteiger partial charge in [0, 0.05) is 12.8 Å². The molecule has 1 N–H and O–H groups in total. The van der Waals surface area contributed by atoms with Crippen molar-refractivity contribution >= 4 is 0 Å². The molecule has 0 bridgehead atoms. The van der Waals surface area contributed by atoms with Crippen molar-refractivity contribution in [2.45, 2.75) is 84.0 Å². The molecule has 1 aliphatic heterocycles. The lowest BCUT2D eigenvalue weighted by Gasteiger charge is -2.60. The summed E-state index contributed by atoms with van der Waals surface area (Å²) in [6.45, 7) is 8.84. The van der Waals surface area contributed by atoms with Gasteiger partial charge in [0.2, 0.25) is 0 Å². The Morgan fingerprint density at radius 3 is 2.39 bits per heavy atom. The van der Waals surface area contributed by atoms with Crippen molar-refractivity contribution in [3.8, 4) is 0 Å². The van der Waals surface area contributed by atoms with Crippen LogP contribution < -0.4 is 0 Å². The molecule has 3 aliphatic carbocycles. The maximum Gasteiger partial charge on any atom is 0.168 e. The highest BCUT2D eigenvalue weighted by molar-refractivity contribution is 5.08. The Morgan fingerprint density at radius 2 is 1.65 bits per heavy atom. The van der Waals surface area contributed by atoms with Crippen LogP contribution in [0.5, 0.6) is 0 Å². The SMILES string of the molecule is C[C@@H]1CC2(CC[C@]3(C)[C@H]4CCC[C@@H](O)[C@]4(C)CC[C@@H]13)OCCO2. The quantitative estimate of drug-likeness (QED) is 0.728. The van der Waals surface area contributed by atoms with E-state index in [1.165, 1.54) is 32.1 Å². The summed E-state index contributed by atoms with van der Waals surface area (Å²) in [5, 5.41) is 10.8. The predicted octanol–water partition coefficient (Wildman–Crippen LogP) is 4.13. The number of rotatable bonds is 0. The first-order valence-electron chi connectivity index (χ1n) is 9.86. The van der Waals surface area contributed by atoms with Gasteiger partial charge in [0.05, 0.1) is 19.3 Å². The lowest BCUT2D eigenvalue weighted by Crippen LogP contribution is -2.56. The predicted molar refractivity (Wildman–Crippen MR) is 89.9 cm³/mol. The van der Waals surface area contributed by atoms with Crippen LogP contribution >= 0.6 is 0 Å². The molecule has 6 atom stereocenters. The third-order valence-corrected chi connectivity index (χ3v) is 8.34. The zero-order valence-electron chi connectivity index (χ0n) is 15.1. The van der Waals surface area contributed by atoms with Gasteiger partial charge in [-0.2, -0.15) is 0 Å². The van der Waals surface area contributed by atoms with Crippen molar-refractivity contribution < 1.29 is 14.6 Å². The summed E-state index contributed by atoms with van der Waals surface area (Å²) < 4.78 is 12.2. The first kappa shape index (κ1) is 16.4. The van der Waals surface area contributed by atoms with E-state index < -0.39 is 0 Å². The standard InChI is InChI=1S/C20H34O3/c1-14-13-20(22-11-12-23-20)10-9-18(2)15(14)7-8-19(3)16(18)5-4-6-17(19)21/h14-17,21H,4-13H2,1-3H3/t14-,15+,16-,17-,18+,19-/m1/s1. The van der Waals surface area contributed by atoms with Crippen molar-refractivity contribution in [3.05, 3.63) is 0 Å². The largest absolute Gasteiger partial charge is 0.393 e. The van der Waals surface area contributed by atoms with Crippen LogP contribution in [0.4, 0.5) is 0 Å². The normalized spacial score (nSPS) is 52.7. The smallest absolute Gasteiger partial charge is 0.168 e. The highest BCUT2D eigenvalue weighted by Crippen LogP contribution is 2.65. The van der Waals surface area contributed by atoms with Crippen LogP contribution in [-0.2, 0) is 9.47 Å². The molecule has 1 heterocycles. The molecule has 3 saturated carbocycles. The molecule has 23 heavy (non-hydrogen) atoms. The second-order valence-corrected chi connectivity index (χ2v) is 9.45. The molecule has 0 radical (unpaired) electrons. The summed E-state index contributed by atoms with van der Waals surface area (Å²) >= 11 is 0.